The molecule has 2 aromatic carbocycles. The molecule has 44 heavy (non-hydrogen) atoms. The van der Waals surface area contributed by atoms with Gasteiger partial charge in [-0.2, -0.15) is 15.2 Å². The number of rotatable bonds is 7. The van der Waals surface area contributed by atoms with Crippen molar-refractivity contribution in [1.29, 1.82) is 5.26 Å². The lowest BCUT2D eigenvalue weighted by Gasteiger charge is -2.34. The van der Waals surface area contributed by atoms with E-state index in [1.165, 1.54) is 12.3 Å². The molecule has 3 unspecified atom stereocenters. The maximum atomic E-state index is 16.6. The van der Waals surface area contributed by atoms with Crippen molar-refractivity contribution in [3.63, 3.8) is 0 Å². The Hall–Kier alpha value is -3.69. The zero-order valence-corrected chi connectivity index (χ0v) is 24.8. The van der Waals surface area contributed by atoms with Gasteiger partial charge in [0.05, 0.1) is 29.5 Å². The second-order valence-corrected chi connectivity index (χ2v) is 12.3. The zero-order valence-electron chi connectivity index (χ0n) is 24.1. The summed E-state index contributed by atoms with van der Waals surface area (Å²) in [6.07, 6.45) is 5.64. The number of nitriles is 1. The molecular formula is C32H32ClF2N7O2. The highest BCUT2D eigenvalue weighted by Crippen LogP contribution is 2.42. The molecule has 9 nitrogen and oxygen atoms in total. The first-order chi connectivity index (χ1) is 21.4. The highest BCUT2D eigenvalue weighted by atomic mass is 35.5. The molecule has 0 aliphatic carbocycles. The number of anilines is 1. The molecule has 3 saturated heterocycles. The van der Waals surface area contributed by atoms with Crippen molar-refractivity contribution in [2.45, 2.75) is 49.7 Å². The van der Waals surface area contributed by atoms with Gasteiger partial charge >= 0.3 is 6.01 Å². The van der Waals surface area contributed by atoms with Crippen LogP contribution in [-0.4, -0.2) is 82.0 Å². The number of aromatic nitrogens is 3. The number of pyridine rings is 1. The summed E-state index contributed by atoms with van der Waals surface area (Å²) in [7, 11) is 0. The van der Waals surface area contributed by atoms with Gasteiger partial charge in [0.25, 0.3) is 0 Å². The Labute approximate surface area is 258 Å². The summed E-state index contributed by atoms with van der Waals surface area (Å²) < 4.78 is 37.3. The first-order valence-corrected chi connectivity index (χ1v) is 15.4. The van der Waals surface area contributed by atoms with Crippen LogP contribution < -0.4 is 15.0 Å². The van der Waals surface area contributed by atoms with Crippen LogP contribution in [0.3, 0.4) is 0 Å². The van der Waals surface area contributed by atoms with Gasteiger partial charge in [0.15, 0.2) is 5.82 Å². The van der Waals surface area contributed by atoms with Crippen LogP contribution in [0.4, 0.5) is 14.6 Å². The van der Waals surface area contributed by atoms with Crippen LogP contribution in [0.5, 0.6) is 6.01 Å². The number of ether oxygens (including phenoxy) is 1. The van der Waals surface area contributed by atoms with E-state index in [9.17, 15) is 14.8 Å². The number of halogens is 3. The van der Waals surface area contributed by atoms with E-state index in [4.69, 9.17) is 21.3 Å². The van der Waals surface area contributed by atoms with Gasteiger partial charge < -0.3 is 20.1 Å². The molecule has 5 heterocycles. The number of benzene rings is 2. The van der Waals surface area contributed by atoms with E-state index in [2.05, 4.69) is 26.3 Å². The molecule has 0 radical (unpaired) electrons. The lowest BCUT2D eigenvalue weighted by Crippen LogP contribution is -2.51. The second-order valence-electron chi connectivity index (χ2n) is 11.9. The third-order valence-corrected chi connectivity index (χ3v) is 9.83. The lowest BCUT2D eigenvalue weighted by molar-refractivity contribution is 0.0615. The molecule has 12 heteroatoms. The predicted molar refractivity (Wildman–Crippen MR) is 164 cm³/mol. The van der Waals surface area contributed by atoms with E-state index in [1.54, 1.807) is 24.3 Å². The van der Waals surface area contributed by atoms with Gasteiger partial charge in [-0.15, -0.1) is 0 Å². The fourth-order valence-electron chi connectivity index (χ4n) is 7.27. The van der Waals surface area contributed by atoms with Gasteiger partial charge in [0.1, 0.15) is 29.5 Å². The van der Waals surface area contributed by atoms with Gasteiger partial charge in [0.2, 0.25) is 0 Å². The van der Waals surface area contributed by atoms with E-state index in [0.717, 1.165) is 32.2 Å². The average molecular weight is 620 g/mol. The van der Waals surface area contributed by atoms with Crippen LogP contribution in [0, 0.1) is 23.0 Å². The maximum absolute atomic E-state index is 16.6. The van der Waals surface area contributed by atoms with Crippen LogP contribution in [0.15, 0.2) is 36.5 Å². The first kappa shape index (κ1) is 29.0. The maximum Gasteiger partial charge on any atom is 0.319 e. The highest BCUT2D eigenvalue weighted by Gasteiger charge is 2.48. The van der Waals surface area contributed by atoms with E-state index in [1.807, 2.05) is 4.90 Å². The number of hydrogen-bond acceptors (Lipinski definition) is 9. The molecule has 2 N–H and O–H groups in total. The van der Waals surface area contributed by atoms with Crippen molar-refractivity contribution in [1.82, 2.24) is 25.2 Å². The molecular weight excluding hydrogens is 588 g/mol. The molecule has 0 amide bonds. The molecule has 0 spiro atoms. The highest BCUT2D eigenvalue weighted by molar-refractivity contribution is 6.36. The number of nitrogens with zero attached hydrogens (tertiary/aromatic N) is 6. The fraction of sp³-hybridized carbons (Fsp3) is 0.438. The van der Waals surface area contributed by atoms with Crippen LogP contribution in [-0.2, 0) is 0 Å². The second kappa shape index (κ2) is 11.7. The van der Waals surface area contributed by atoms with Crippen molar-refractivity contribution in [3.05, 3.63) is 53.2 Å². The largest absolute Gasteiger partial charge is 0.462 e. The van der Waals surface area contributed by atoms with Gasteiger partial charge in [-0.05, 0) is 43.7 Å². The molecule has 3 aliphatic heterocycles. The minimum atomic E-state index is -0.688. The zero-order chi connectivity index (χ0) is 30.4. The molecule has 0 saturated carbocycles. The van der Waals surface area contributed by atoms with Crippen molar-refractivity contribution >= 4 is 39.1 Å². The minimum absolute atomic E-state index is 0.00513. The monoisotopic (exact) mass is 619 g/mol. The van der Waals surface area contributed by atoms with Crippen LogP contribution in [0.1, 0.15) is 32.1 Å². The van der Waals surface area contributed by atoms with E-state index >= 15 is 4.39 Å². The third-order valence-electron chi connectivity index (χ3n) is 9.46. The molecule has 4 aromatic rings. The fourth-order valence-corrected chi connectivity index (χ4v) is 7.54. The van der Waals surface area contributed by atoms with Crippen molar-refractivity contribution in [3.8, 4) is 23.3 Å². The van der Waals surface area contributed by atoms with E-state index in [-0.39, 0.29) is 46.5 Å². The molecule has 0 bridgehead atoms. The SMILES string of the molecule is N#CCC1CN(c2nc(OCC3CCC4(CO)CCCN34)nc3c(F)c(-c4cccc5ccc(F)c(Cl)c45)ncc23)CCN1. The molecule has 3 fully saturated rings. The number of hydrogen-bond donors (Lipinski definition) is 2. The summed E-state index contributed by atoms with van der Waals surface area (Å²) in [5, 5.41) is 24.1. The summed E-state index contributed by atoms with van der Waals surface area (Å²) >= 11 is 6.38. The van der Waals surface area contributed by atoms with Crippen molar-refractivity contribution in [2.75, 3.05) is 44.3 Å². The van der Waals surface area contributed by atoms with Crippen LogP contribution in [0.2, 0.25) is 5.02 Å². The standard InChI is InChI=1S/C32H32ClF2N7O2/c33-26-24(34)6-5-19-3-1-4-22(25(19)26)28-27(35)29-23(15-38-28)30(41-14-12-37-20(16-41)8-11-36)40-31(39-29)44-17-21-7-10-32(18-43)9-2-13-42(21)32/h1,3-6,15,20-21,37,43H,2,7-10,12-14,16-18H2. The van der Waals surface area contributed by atoms with Crippen LogP contribution in [0.25, 0.3) is 32.9 Å². The van der Waals surface area contributed by atoms with Crippen molar-refractivity contribution in [2.24, 2.45) is 0 Å². The Morgan fingerprint density at radius 3 is 2.91 bits per heavy atom. The summed E-state index contributed by atoms with van der Waals surface area (Å²) in [6.45, 7) is 3.04. The van der Waals surface area contributed by atoms with E-state index < -0.39 is 11.6 Å². The summed E-state index contributed by atoms with van der Waals surface area (Å²) in [4.78, 5) is 18.2. The number of fused-ring (bicyclic) bond motifs is 3. The summed E-state index contributed by atoms with van der Waals surface area (Å²) in [5.74, 6) is -0.812. The average Bonchev–Trinajstić information content (AvgIpc) is 3.62. The topological polar surface area (TPSA) is 110 Å². The third kappa shape index (κ3) is 4.90. The Morgan fingerprint density at radius 2 is 2.07 bits per heavy atom. The van der Waals surface area contributed by atoms with Gasteiger partial charge in [-0.25, -0.2) is 8.78 Å². The Kier molecular flexibility index (Phi) is 7.70. The molecule has 2 aromatic heterocycles. The number of nitrogens with one attached hydrogen (secondary N) is 1. The predicted octanol–water partition coefficient (Wildman–Crippen LogP) is 4.84. The summed E-state index contributed by atoms with van der Waals surface area (Å²) in [6, 6.07) is 10.4. The number of aliphatic hydroxyl groups is 1. The quantitative estimate of drug-likeness (QED) is 0.300. The molecule has 3 aliphatic rings. The number of aliphatic hydroxyl groups excluding tert-OH is 1. The Balaban J connectivity index is 1.31. The smallest absolute Gasteiger partial charge is 0.319 e. The van der Waals surface area contributed by atoms with Gasteiger partial charge in [0, 0.05) is 54.4 Å². The van der Waals surface area contributed by atoms with Crippen LogP contribution >= 0.6 is 11.6 Å². The Bertz CT molecular complexity index is 1790. The summed E-state index contributed by atoms with van der Waals surface area (Å²) in [5.41, 5.74) is 0.193. The first-order valence-electron chi connectivity index (χ1n) is 15.0. The molecule has 228 valence electrons. The Morgan fingerprint density at radius 1 is 1.18 bits per heavy atom. The normalized spacial score (nSPS) is 23.8. The molecule has 3 atom stereocenters. The minimum Gasteiger partial charge on any atom is -0.462 e. The lowest BCUT2D eigenvalue weighted by atomic mass is 9.95. The molecule has 7 rings (SSSR count). The van der Waals surface area contributed by atoms with Gasteiger partial charge in [-0.3, -0.25) is 9.88 Å². The number of piperazine rings is 1. The van der Waals surface area contributed by atoms with Crippen molar-refractivity contribution < 1.29 is 18.6 Å². The van der Waals surface area contributed by atoms with E-state index in [0.29, 0.717) is 60.2 Å². The van der Waals surface area contributed by atoms with Gasteiger partial charge in [-0.1, -0.05) is 35.9 Å².